The Morgan fingerprint density at radius 2 is 2.28 bits per heavy atom. The second-order valence-electron chi connectivity index (χ2n) is 5.24. The van der Waals surface area contributed by atoms with Crippen LogP contribution in [0.5, 0.6) is 0 Å². The van der Waals surface area contributed by atoms with Crippen LogP contribution in [0.15, 0.2) is 0 Å². The Labute approximate surface area is 114 Å². The predicted octanol–water partition coefficient (Wildman–Crippen LogP) is 1.15. The predicted molar refractivity (Wildman–Crippen MR) is 74.9 cm³/mol. The number of nitrogens with one attached hydrogen (secondary N) is 2. The van der Waals surface area contributed by atoms with Crippen LogP contribution in [0.1, 0.15) is 32.6 Å². The quantitative estimate of drug-likeness (QED) is 0.809. The molecule has 2 fully saturated rings. The summed E-state index contributed by atoms with van der Waals surface area (Å²) in [6.45, 7) is 3.42. The van der Waals surface area contributed by atoms with Gasteiger partial charge < -0.3 is 15.4 Å². The van der Waals surface area contributed by atoms with Crippen LogP contribution in [0.2, 0.25) is 0 Å². The molecule has 4 atom stereocenters. The highest BCUT2D eigenvalue weighted by atomic mass is 32.2. The molecular weight excluding hydrogens is 248 g/mol. The fraction of sp³-hybridized carbons (Fsp3) is 0.923. The molecule has 0 radical (unpaired) electrons. The van der Waals surface area contributed by atoms with E-state index in [2.05, 4.69) is 16.9 Å². The Balaban J connectivity index is 1.82. The average molecular weight is 272 g/mol. The normalized spacial score (nSPS) is 37.2. The first-order chi connectivity index (χ1) is 8.70. The van der Waals surface area contributed by atoms with Gasteiger partial charge in [-0.2, -0.15) is 11.8 Å². The number of thioether (sulfide) groups is 1. The number of amides is 1. The van der Waals surface area contributed by atoms with Crippen molar-refractivity contribution in [3.8, 4) is 0 Å². The van der Waals surface area contributed by atoms with Gasteiger partial charge in [-0.05, 0) is 32.4 Å². The Morgan fingerprint density at radius 3 is 3.00 bits per heavy atom. The zero-order valence-electron chi connectivity index (χ0n) is 11.3. The highest BCUT2D eigenvalue weighted by Crippen LogP contribution is 2.27. The van der Waals surface area contributed by atoms with Gasteiger partial charge in [-0.3, -0.25) is 4.79 Å². The third-order valence-electron chi connectivity index (χ3n) is 3.90. The molecule has 1 aliphatic heterocycles. The lowest BCUT2D eigenvalue weighted by atomic mass is 9.94. The van der Waals surface area contributed by atoms with Crippen LogP contribution in [0.25, 0.3) is 0 Å². The SMILES string of the molecule is CSC1CCCC(NC(=O)[C@H]2NCCO[C@@H]2C)C1. The second-order valence-corrected chi connectivity index (χ2v) is 6.38. The summed E-state index contributed by atoms with van der Waals surface area (Å²) in [4.78, 5) is 12.2. The minimum atomic E-state index is -0.187. The van der Waals surface area contributed by atoms with Crippen molar-refractivity contribution >= 4 is 17.7 Å². The largest absolute Gasteiger partial charge is 0.375 e. The molecule has 0 spiro atoms. The molecule has 1 saturated heterocycles. The van der Waals surface area contributed by atoms with Crippen LogP contribution in [0.4, 0.5) is 0 Å². The van der Waals surface area contributed by atoms with Crippen LogP contribution in [0.3, 0.4) is 0 Å². The average Bonchev–Trinajstić information content (AvgIpc) is 2.39. The number of carbonyl (C=O) groups excluding carboxylic acids is 1. The van der Waals surface area contributed by atoms with E-state index >= 15 is 0 Å². The van der Waals surface area contributed by atoms with Gasteiger partial charge in [0.15, 0.2) is 0 Å². The molecule has 0 bridgehead atoms. The minimum Gasteiger partial charge on any atom is -0.375 e. The van der Waals surface area contributed by atoms with Gasteiger partial charge in [0.25, 0.3) is 0 Å². The number of hydrogen-bond donors (Lipinski definition) is 2. The van der Waals surface area contributed by atoms with Gasteiger partial charge in [0.1, 0.15) is 6.04 Å². The summed E-state index contributed by atoms with van der Waals surface area (Å²) < 4.78 is 5.52. The van der Waals surface area contributed by atoms with Crippen LogP contribution in [0, 0.1) is 0 Å². The van der Waals surface area contributed by atoms with Crippen molar-refractivity contribution in [3.05, 3.63) is 0 Å². The molecule has 18 heavy (non-hydrogen) atoms. The van der Waals surface area contributed by atoms with E-state index in [-0.39, 0.29) is 18.1 Å². The van der Waals surface area contributed by atoms with E-state index in [0.717, 1.165) is 19.4 Å². The maximum absolute atomic E-state index is 12.2. The van der Waals surface area contributed by atoms with E-state index in [4.69, 9.17) is 4.74 Å². The highest BCUT2D eigenvalue weighted by Gasteiger charge is 2.31. The minimum absolute atomic E-state index is 0.0290. The van der Waals surface area contributed by atoms with Gasteiger partial charge in [-0.1, -0.05) is 6.42 Å². The number of carbonyl (C=O) groups is 1. The van der Waals surface area contributed by atoms with E-state index in [1.165, 1.54) is 12.8 Å². The molecule has 2 N–H and O–H groups in total. The molecule has 2 unspecified atom stereocenters. The molecule has 1 saturated carbocycles. The van der Waals surface area contributed by atoms with Crippen molar-refractivity contribution in [1.82, 2.24) is 10.6 Å². The van der Waals surface area contributed by atoms with E-state index in [1.54, 1.807) is 0 Å². The van der Waals surface area contributed by atoms with Gasteiger partial charge in [0.2, 0.25) is 5.91 Å². The topological polar surface area (TPSA) is 50.4 Å². The lowest BCUT2D eigenvalue weighted by molar-refractivity contribution is -0.129. The molecule has 4 nitrogen and oxygen atoms in total. The van der Waals surface area contributed by atoms with Gasteiger partial charge in [-0.15, -0.1) is 0 Å². The molecule has 2 aliphatic rings. The van der Waals surface area contributed by atoms with Crippen LogP contribution < -0.4 is 10.6 Å². The highest BCUT2D eigenvalue weighted by molar-refractivity contribution is 7.99. The monoisotopic (exact) mass is 272 g/mol. The van der Waals surface area contributed by atoms with Crippen LogP contribution in [-0.2, 0) is 9.53 Å². The summed E-state index contributed by atoms with van der Waals surface area (Å²) in [6.07, 6.45) is 6.86. The molecule has 0 aromatic rings. The van der Waals surface area contributed by atoms with Gasteiger partial charge >= 0.3 is 0 Å². The lowest BCUT2D eigenvalue weighted by Crippen LogP contribution is -2.57. The van der Waals surface area contributed by atoms with E-state index in [0.29, 0.717) is 17.9 Å². The van der Waals surface area contributed by atoms with Crippen molar-refractivity contribution in [2.45, 2.75) is 56.0 Å². The first-order valence-corrected chi connectivity index (χ1v) is 8.17. The van der Waals surface area contributed by atoms with Gasteiger partial charge in [0, 0.05) is 17.8 Å². The van der Waals surface area contributed by atoms with Crippen molar-refractivity contribution in [3.63, 3.8) is 0 Å². The summed E-state index contributed by atoms with van der Waals surface area (Å²) in [5.41, 5.74) is 0. The van der Waals surface area contributed by atoms with Gasteiger partial charge in [0.05, 0.1) is 12.7 Å². The molecular formula is C13H24N2O2S. The smallest absolute Gasteiger partial charge is 0.240 e. The summed E-state index contributed by atoms with van der Waals surface area (Å²) in [5, 5.41) is 7.14. The Bertz CT molecular complexity index is 288. The molecule has 0 aromatic carbocycles. The molecule has 1 heterocycles. The molecule has 1 amide bonds. The van der Waals surface area contributed by atoms with Crippen molar-refractivity contribution in [1.29, 1.82) is 0 Å². The Kier molecular flexibility index (Phi) is 5.33. The summed E-state index contributed by atoms with van der Waals surface area (Å²) >= 11 is 1.92. The standard InChI is InChI=1S/C13H24N2O2S/c1-9-12(14-6-7-17-9)13(16)15-10-4-3-5-11(8-10)18-2/h9-12,14H,3-8H2,1-2H3,(H,15,16)/t9-,10?,11?,12+/m1/s1. The van der Waals surface area contributed by atoms with Crippen molar-refractivity contribution in [2.75, 3.05) is 19.4 Å². The van der Waals surface area contributed by atoms with E-state index < -0.39 is 0 Å². The molecule has 104 valence electrons. The molecule has 1 aliphatic carbocycles. The fourth-order valence-corrected chi connectivity index (χ4v) is 3.64. The maximum Gasteiger partial charge on any atom is 0.240 e. The summed E-state index contributed by atoms with van der Waals surface area (Å²) in [5.74, 6) is 0.106. The zero-order valence-corrected chi connectivity index (χ0v) is 12.1. The van der Waals surface area contributed by atoms with E-state index in [1.807, 2.05) is 18.7 Å². The van der Waals surface area contributed by atoms with Crippen LogP contribution in [-0.4, -0.2) is 48.8 Å². The van der Waals surface area contributed by atoms with Gasteiger partial charge in [-0.25, -0.2) is 0 Å². The van der Waals surface area contributed by atoms with Crippen molar-refractivity contribution in [2.24, 2.45) is 0 Å². The second kappa shape index (κ2) is 6.78. The summed E-state index contributed by atoms with van der Waals surface area (Å²) in [6, 6.07) is 0.160. The first kappa shape index (κ1) is 14.2. The number of morpholine rings is 1. The number of ether oxygens (including phenoxy) is 1. The van der Waals surface area contributed by atoms with Crippen molar-refractivity contribution < 1.29 is 9.53 Å². The lowest BCUT2D eigenvalue weighted by Gasteiger charge is -2.33. The molecule has 0 aromatic heterocycles. The zero-order chi connectivity index (χ0) is 13.0. The fourth-order valence-electron chi connectivity index (χ4n) is 2.81. The maximum atomic E-state index is 12.2. The summed E-state index contributed by atoms with van der Waals surface area (Å²) in [7, 11) is 0. The molecule has 2 rings (SSSR count). The Morgan fingerprint density at radius 1 is 1.44 bits per heavy atom. The first-order valence-electron chi connectivity index (χ1n) is 6.89. The number of rotatable bonds is 3. The third kappa shape index (κ3) is 3.62. The number of hydrogen-bond acceptors (Lipinski definition) is 4. The van der Waals surface area contributed by atoms with E-state index in [9.17, 15) is 4.79 Å². The Hall–Kier alpha value is -0.260. The van der Waals surface area contributed by atoms with Crippen LogP contribution >= 0.6 is 11.8 Å². The molecule has 5 heteroatoms. The third-order valence-corrected chi connectivity index (χ3v) is 5.00.